The van der Waals surface area contributed by atoms with Gasteiger partial charge in [0.15, 0.2) is 11.6 Å². The maximum Gasteiger partial charge on any atom is 0.493 e. The predicted octanol–water partition coefficient (Wildman–Crippen LogP) is 0.145. The van der Waals surface area contributed by atoms with E-state index in [1.807, 2.05) is 0 Å². The van der Waals surface area contributed by atoms with Crippen molar-refractivity contribution in [3.63, 3.8) is 0 Å². The molecule has 0 bridgehead atoms. The van der Waals surface area contributed by atoms with E-state index >= 15 is 0 Å². The first-order valence-electron chi connectivity index (χ1n) is 4.36. The molecule has 0 fully saturated rings. The number of amides is 1. The zero-order valence-corrected chi connectivity index (χ0v) is 8.42. The maximum atomic E-state index is 13.1. The summed E-state index contributed by atoms with van der Waals surface area (Å²) >= 11 is 0. The van der Waals surface area contributed by atoms with E-state index < -0.39 is 42.0 Å². The summed E-state index contributed by atoms with van der Waals surface area (Å²) in [6.07, 6.45) is -5.25. The molecule has 0 aliphatic rings. The molecule has 1 rings (SSSR count). The minimum Gasteiger partial charge on any atom is -0.423 e. The third kappa shape index (κ3) is 2.96. The van der Waals surface area contributed by atoms with Gasteiger partial charge < -0.3 is 15.4 Å². The highest BCUT2D eigenvalue weighted by Gasteiger charge is 2.39. The smallest absolute Gasteiger partial charge is 0.423 e. The van der Waals surface area contributed by atoms with Crippen LogP contribution < -0.4 is 10.8 Å². The van der Waals surface area contributed by atoms with Gasteiger partial charge in [-0.25, -0.2) is 8.78 Å². The van der Waals surface area contributed by atoms with Crippen molar-refractivity contribution in [1.82, 2.24) is 0 Å². The molecule has 0 heterocycles. The van der Waals surface area contributed by atoms with Crippen LogP contribution in [0, 0.1) is 11.6 Å². The van der Waals surface area contributed by atoms with E-state index in [4.69, 9.17) is 10.0 Å². The minimum atomic E-state index is -5.25. The number of hydrogen-bond acceptors (Lipinski definition) is 3. The van der Waals surface area contributed by atoms with Crippen LogP contribution in [0.15, 0.2) is 12.1 Å². The standard InChI is InChI=1S/C8H5BF5NO3/c10-3-1-2-4(5(6(3)11)9(17)18)15-7(16)8(12,13)14/h1-2,17-18H,(H,15,16). The second-order valence-electron chi connectivity index (χ2n) is 3.15. The average Bonchev–Trinajstić information content (AvgIpc) is 2.21. The Morgan fingerprint density at radius 1 is 1.22 bits per heavy atom. The molecule has 1 aromatic rings. The third-order valence-electron chi connectivity index (χ3n) is 1.90. The van der Waals surface area contributed by atoms with Crippen molar-refractivity contribution in [2.45, 2.75) is 6.18 Å². The van der Waals surface area contributed by atoms with Crippen LogP contribution >= 0.6 is 0 Å². The molecular formula is C8H5BF5NO3. The summed E-state index contributed by atoms with van der Waals surface area (Å²) < 4.78 is 61.7. The Labute approximate surface area is 97.2 Å². The minimum absolute atomic E-state index is 0.438. The average molecular weight is 269 g/mol. The maximum absolute atomic E-state index is 13.1. The number of halogens is 5. The highest BCUT2D eigenvalue weighted by atomic mass is 19.4. The van der Waals surface area contributed by atoms with Gasteiger partial charge in [-0.05, 0) is 12.1 Å². The van der Waals surface area contributed by atoms with Gasteiger partial charge in [-0.15, -0.1) is 0 Å². The molecule has 0 saturated carbocycles. The Kier molecular flexibility index (Phi) is 3.92. The van der Waals surface area contributed by atoms with Crippen LogP contribution in [-0.2, 0) is 4.79 Å². The Balaban J connectivity index is 3.18. The van der Waals surface area contributed by atoms with Crippen molar-refractivity contribution >= 4 is 24.2 Å². The highest BCUT2D eigenvalue weighted by Crippen LogP contribution is 2.18. The van der Waals surface area contributed by atoms with E-state index in [2.05, 4.69) is 0 Å². The number of carbonyl (C=O) groups is 1. The Bertz CT molecular complexity index is 477. The Morgan fingerprint density at radius 3 is 2.22 bits per heavy atom. The molecule has 98 valence electrons. The number of hydrogen-bond donors (Lipinski definition) is 3. The quantitative estimate of drug-likeness (QED) is 0.528. The second kappa shape index (κ2) is 4.90. The van der Waals surface area contributed by atoms with Crippen LogP contribution in [0.3, 0.4) is 0 Å². The summed E-state index contributed by atoms with van der Waals surface area (Å²) in [6.45, 7) is 0. The van der Waals surface area contributed by atoms with Crippen LogP contribution in [0.1, 0.15) is 0 Å². The summed E-state index contributed by atoms with van der Waals surface area (Å²) in [5.74, 6) is -5.71. The first-order valence-corrected chi connectivity index (χ1v) is 4.36. The number of benzene rings is 1. The Morgan fingerprint density at radius 2 is 1.78 bits per heavy atom. The lowest BCUT2D eigenvalue weighted by Gasteiger charge is -2.13. The van der Waals surface area contributed by atoms with Crippen molar-refractivity contribution in [1.29, 1.82) is 0 Å². The van der Waals surface area contributed by atoms with Crippen LogP contribution in [0.25, 0.3) is 0 Å². The van der Waals surface area contributed by atoms with Gasteiger partial charge in [0, 0.05) is 11.2 Å². The van der Waals surface area contributed by atoms with Crippen LogP contribution in [0.5, 0.6) is 0 Å². The van der Waals surface area contributed by atoms with Crippen molar-refractivity contribution in [3.8, 4) is 0 Å². The molecule has 18 heavy (non-hydrogen) atoms. The van der Waals surface area contributed by atoms with Crippen LogP contribution in [-0.4, -0.2) is 29.2 Å². The fourth-order valence-corrected chi connectivity index (χ4v) is 1.12. The molecule has 0 unspecified atom stereocenters. The summed E-state index contributed by atoms with van der Waals surface area (Å²) in [5, 5.41) is 18.7. The van der Waals surface area contributed by atoms with Gasteiger partial charge in [-0.3, -0.25) is 4.79 Å². The van der Waals surface area contributed by atoms with E-state index in [1.54, 1.807) is 0 Å². The number of nitrogens with one attached hydrogen (secondary N) is 1. The normalized spacial score (nSPS) is 11.3. The molecule has 1 amide bonds. The lowest BCUT2D eigenvalue weighted by atomic mass is 9.78. The van der Waals surface area contributed by atoms with E-state index in [0.29, 0.717) is 12.1 Å². The highest BCUT2D eigenvalue weighted by molar-refractivity contribution is 6.60. The van der Waals surface area contributed by atoms with E-state index in [-0.39, 0.29) is 0 Å². The molecule has 4 nitrogen and oxygen atoms in total. The Hall–Kier alpha value is -1.68. The first kappa shape index (κ1) is 14.4. The molecular weight excluding hydrogens is 264 g/mol. The molecule has 10 heteroatoms. The van der Waals surface area contributed by atoms with Crippen LogP contribution in [0.2, 0.25) is 0 Å². The lowest BCUT2D eigenvalue weighted by Crippen LogP contribution is -2.39. The molecule has 0 saturated heterocycles. The fraction of sp³-hybridized carbons (Fsp3) is 0.125. The van der Waals surface area contributed by atoms with Gasteiger partial charge in [0.25, 0.3) is 0 Å². The topological polar surface area (TPSA) is 69.6 Å². The summed E-state index contributed by atoms with van der Waals surface area (Å²) in [7, 11) is -2.58. The number of carbonyl (C=O) groups excluding carboxylic acids is 1. The first-order chi connectivity index (χ1) is 8.14. The SMILES string of the molecule is O=C(Nc1ccc(F)c(F)c1B(O)O)C(F)(F)F. The molecule has 0 atom stereocenters. The van der Waals surface area contributed by atoms with Crippen LogP contribution in [0.4, 0.5) is 27.6 Å². The molecule has 0 aliphatic heterocycles. The van der Waals surface area contributed by atoms with E-state index in [9.17, 15) is 26.7 Å². The predicted molar refractivity (Wildman–Crippen MR) is 50.9 cm³/mol. The molecule has 0 aliphatic carbocycles. The van der Waals surface area contributed by atoms with Gasteiger partial charge in [-0.1, -0.05) is 0 Å². The number of anilines is 1. The molecule has 0 spiro atoms. The van der Waals surface area contributed by atoms with Gasteiger partial charge in [0.2, 0.25) is 0 Å². The summed E-state index contributed by atoms with van der Waals surface area (Å²) in [4.78, 5) is 10.6. The van der Waals surface area contributed by atoms with Crippen molar-refractivity contribution in [3.05, 3.63) is 23.8 Å². The van der Waals surface area contributed by atoms with Gasteiger partial charge in [-0.2, -0.15) is 13.2 Å². The lowest BCUT2D eigenvalue weighted by molar-refractivity contribution is -0.167. The second-order valence-corrected chi connectivity index (χ2v) is 3.15. The van der Waals surface area contributed by atoms with Crippen molar-refractivity contribution < 1.29 is 36.8 Å². The largest absolute Gasteiger partial charge is 0.493 e. The zero-order valence-electron chi connectivity index (χ0n) is 8.42. The summed E-state index contributed by atoms with van der Waals surface area (Å²) in [5.41, 5.74) is -2.07. The van der Waals surface area contributed by atoms with Gasteiger partial charge >= 0.3 is 19.2 Å². The van der Waals surface area contributed by atoms with Crippen molar-refractivity contribution in [2.75, 3.05) is 5.32 Å². The zero-order chi connectivity index (χ0) is 14.1. The molecule has 1 aromatic carbocycles. The monoisotopic (exact) mass is 269 g/mol. The van der Waals surface area contributed by atoms with E-state index in [0.717, 1.165) is 0 Å². The fourth-order valence-electron chi connectivity index (χ4n) is 1.12. The number of rotatable bonds is 2. The van der Waals surface area contributed by atoms with Crippen molar-refractivity contribution in [2.24, 2.45) is 0 Å². The number of alkyl halides is 3. The molecule has 3 N–H and O–H groups in total. The van der Waals surface area contributed by atoms with Gasteiger partial charge in [0.1, 0.15) is 0 Å². The van der Waals surface area contributed by atoms with E-state index in [1.165, 1.54) is 5.32 Å². The third-order valence-corrected chi connectivity index (χ3v) is 1.90. The molecule has 0 aromatic heterocycles. The van der Waals surface area contributed by atoms with Gasteiger partial charge in [0.05, 0.1) is 0 Å². The summed E-state index contributed by atoms with van der Waals surface area (Å²) in [6, 6.07) is 1.02. The molecule has 0 radical (unpaired) electrons.